The highest BCUT2D eigenvalue weighted by Gasteiger charge is 2.23. The number of carbonyl (C=O) groups excluding carboxylic acids is 1. The van der Waals surface area contributed by atoms with Gasteiger partial charge in [0.05, 0.1) is 34.8 Å². The quantitative estimate of drug-likeness (QED) is 0.238. The molecule has 0 saturated carbocycles. The van der Waals surface area contributed by atoms with E-state index in [0.29, 0.717) is 22.8 Å². The third kappa shape index (κ3) is 8.44. The molecule has 11 nitrogen and oxygen atoms in total. The maximum absolute atomic E-state index is 12.9. The number of aromatic nitrogens is 2. The number of anilines is 5. The van der Waals surface area contributed by atoms with Gasteiger partial charge in [0.25, 0.3) is 0 Å². The zero-order chi connectivity index (χ0) is 31.0. The van der Waals surface area contributed by atoms with E-state index in [9.17, 15) is 13.2 Å². The number of halogens is 1. The Morgan fingerprint density at radius 2 is 1.79 bits per heavy atom. The van der Waals surface area contributed by atoms with E-state index in [2.05, 4.69) is 42.6 Å². The molecule has 4 rings (SSSR count). The Bertz CT molecular complexity index is 1560. The van der Waals surface area contributed by atoms with Crippen molar-refractivity contribution < 1.29 is 17.9 Å². The number of hydrogen-bond donors (Lipinski definition) is 3. The number of methoxy groups -OCH3 is 1. The normalized spacial score (nSPS) is 14.7. The number of sulfone groups is 1. The largest absolute Gasteiger partial charge is 0.494 e. The lowest BCUT2D eigenvalue weighted by molar-refractivity contribution is -0.111. The first-order chi connectivity index (χ1) is 20.6. The van der Waals surface area contributed by atoms with Gasteiger partial charge in [0.15, 0.2) is 15.7 Å². The second-order valence-corrected chi connectivity index (χ2v) is 13.2. The predicted molar refractivity (Wildman–Crippen MR) is 172 cm³/mol. The second kappa shape index (κ2) is 14.6. The molecule has 1 fully saturated rings. The van der Waals surface area contributed by atoms with E-state index < -0.39 is 15.1 Å². The average Bonchev–Trinajstić information content (AvgIpc) is 3.00. The van der Waals surface area contributed by atoms with Gasteiger partial charge in [-0.25, -0.2) is 13.4 Å². The number of ether oxygens (including phenoxy) is 1. The minimum Gasteiger partial charge on any atom is -0.494 e. The number of nitrogens with one attached hydrogen (secondary N) is 3. The molecular formula is C30H38ClN7O4S. The first-order valence-electron chi connectivity index (χ1n) is 14.1. The predicted octanol–water partition coefficient (Wildman–Crippen LogP) is 4.94. The number of para-hydroxylation sites is 1. The average molecular weight is 628 g/mol. The summed E-state index contributed by atoms with van der Waals surface area (Å²) in [5, 5.41) is 8.61. The van der Waals surface area contributed by atoms with Crippen molar-refractivity contribution in [2.24, 2.45) is 0 Å². The van der Waals surface area contributed by atoms with Gasteiger partial charge >= 0.3 is 0 Å². The van der Waals surface area contributed by atoms with E-state index in [-0.39, 0.29) is 27.6 Å². The van der Waals surface area contributed by atoms with E-state index in [1.165, 1.54) is 13.3 Å². The van der Waals surface area contributed by atoms with Crippen molar-refractivity contribution in [2.45, 2.75) is 30.9 Å². The molecule has 0 spiro atoms. The molecule has 230 valence electrons. The lowest BCUT2D eigenvalue weighted by Crippen LogP contribution is -2.46. The lowest BCUT2D eigenvalue weighted by Gasteiger charge is -2.33. The highest BCUT2D eigenvalue weighted by molar-refractivity contribution is 7.92. The van der Waals surface area contributed by atoms with Crippen molar-refractivity contribution in [3.8, 4) is 5.75 Å². The van der Waals surface area contributed by atoms with Crippen molar-refractivity contribution in [1.82, 2.24) is 19.8 Å². The summed E-state index contributed by atoms with van der Waals surface area (Å²) in [6.45, 7) is 11.3. The molecule has 2 heterocycles. The van der Waals surface area contributed by atoms with Crippen LogP contribution < -0.4 is 20.7 Å². The number of hydrogen-bond acceptors (Lipinski definition) is 10. The molecule has 1 aromatic heterocycles. The molecule has 43 heavy (non-hydrogen) atoms. The van der Waals surface area contributed by atoms with Crippen LogP contribution in [0.5, 0.6) is 5.75 Å². The molecule has 0 radical (unpaired) electrons. The van der Waals surface area contributed by atoms with Gasteiger partial charge in [-0.1, -0.05) is 36.7 Å². The van der Waals surface area contributed by atoms with E-state index in [0.717, 1.165) is 39.3 Å². The minimum atomic E-state index is -3.55. The van der Waals surface area contributed by atoms with Crippen LogP contribution in [0, 0.1) is 0 Å². The van der Waals surface area contributed by atoms with Crippen LogP contribution in [0.2, 0.25) is 5.02 Å². The number of amides is 1. The van der Waals surface area contributed by atoms with E-state index >= 15 is 0 Å². The van der Waals surface area contributed by atoms with Crippen LogP contribution >= 0.6 is 11.6 Å². The standard InChI is InChI=1S/C30H38ClN7O4S/c1-5-37-15-17-38(18-16-37)14-8-11-28(39)33-22-12-13-24(26(19-22)42-4)35-30-32-20-23(31)29(36-30)34-25-9-6-7-10-27(25)43(40,41)21(2)3/h6-13,19-21H,5,14-18H2,1-4H3,(H,33,39)(H2,32,34,35,36)/b11-8+. The Hall–Kier alpha value is -3.71. The Morgan fingerprint density at radius 1 is 1.07 bits per heavy atom. The van der Waals surface area contributed by atoms with Crippen molar-refractivity contribution in [3.63, 3.8) is 0 Å². The zero-order valence-corrected chi connectivity index (χ0v) is 26.4. The van der Waals surface area contributed by atoms with E-state index in [1.54, 1.807) is 62.4 Å². The van der Waals surface area contributed by atoms with E-state index in [4.69, 9.17) is 16.3 Å². The summed E-state index contributed by atoms with van der Waals surface area (Å²) in [7, 11) is -2.03. The van der Waals surface area contributed by atoms with Crippen molar-refractivity contribution >= 4 is 56.2 Å². The minimum absolute atomic E-state index is 0.151. The molecule has 1 amide bonds. The van der Waals surface area contributed by atoms with Crippen LogP contribution in [0.3, 0.4) is 0 Å². The molecule has 3 aromatic rings. The smallest absolute Gasteiger partial charge is 0.248 e. The molecule has 0 aliphatic carbocycles. The lowest BCUT2D eigenvalue weighted by atomic mass is 10.2. The SMILES string of the molecule is CCN1CCN(C/C=C/C(=O)Nc2ccc(Nc3ncc(Cl)c(Nc4ccccc4S(=O)(=O)C(C)C)n3)c(OC)c2)CC1. The molecule has 0 atom stereocenters. The van der Waals surface area contributed by atoms with Crippen LogP contribution in [0.15, 0.2) is 65.7 Å². The summed E-state index contributed by atoms with van der Waals surface area (Å²) in [6, 6.07) is 11.8. The highest BCUT2D eigenvalue weighted by Crippen LogP contribution is 2.33. The first kappa shape index (κ1) is 32.2. The Labute approximate surface area is 258 Å². The molecule has 1 aliphatic heterocycles. The number of likely N-dealkylation sites (N-methyl/N-ethyl adjacent to an activating group) is 1. The van der Waals surface area contributed by atoms with Crippen molar-refractivity contribution in [1.29, 1.82) is 0 Å². The van der Waals surface area contributed by atoms with Gasteiger partial charge < -0.3 is 25.6 Å². The van der Waals surface area contributed by atoms with Gasteiger partial charge in [0.1, 0.15) is 10.8 Å². The molecular weight excluding hydrogens is 590 g/mol. The van der Waals surface area contributed by atoms with Crippen LogP contribution in [-0.4, -0.2) is 85.7 Å². The fourth-order valence-electron chi connectivity index (χ4n) is 4.49. The summed E-state index contributed by atoms with van der Waals surface area (Å²) < 4.78 is 31.3. The van der Waals surface area contributed by atoms with Crippen molar-refractivity contribution in [3.05, 3.63) is 65.8 Å². The van der Waals surface area contributed by atoms with E-state index in [1.807, 2.05) is 6.08 Å². The topological polar surface area (TPSA) is 129 Å². The van der Waals surface area contributed by atoms with Crippen LogP contribution in [-0.2, 0) is 14.6 Å². The fourth-order valence-corrected chi connectivity index (χ4v) is 5.83. The van der Waals surface area contributed by atoms with Gasteiger partial charge in [-0.2, -0.15) is 4.98 Å². The fraction of sp³-hybridized carbons (Fsp3) is 0.367. The molecule has 0 bridgehead atoms. The monoisotopic (exact) mass is 627 g/mol. The molecule has 0 unspecified atom stereocenters. The highest BCUT2D eigenvalue weighted by atomic mass is 35.5. The van der Waals surface area contributed by atoms with Gasteiger partial charge in [0.2, 0.25) is 11.9 Å². The van der Waals surface area contributed by atoms with Gasteiger partial charge in [0, 0.05) is 50.6 Å². The summed E-state index contributed by atoms with van der Waals surface area (Å²) in [5.74, 6) is 0.657. The second-order valence-electron chi connectivity index (χ2n) is 10.3. The first-order valence-corrected chi connectivity index (χ1v) is 16.0. The molecule has 1 saturated heterocycles. The summed E-state index contributed by atoms with van der Waals surface area (Å²) >= 11 is 6.36. The zero-order valence-electron chi connectivity index (χ0n) is 24.8. The van der Waals surface area contributed by atoms with Gasteiger partial charge in [-0.15, -0.1) is 0 Å². The Kier molecular flexibility index (Phi) is 11.0. The third-order valence-electron chi connectivity index (χ3n) is 7.07. The molecule has 2 aromatic carbocycles. The number of rotatable bonds is 12. The number of nitrogens with zero attached hydrogens (tertiary/aromatic N) is 4. The molecule has 1 aliphatic rings. The van der Waals surface area contributed by atoms with Gasteiger partial charge in [-0.05, 0) is 44.7 Å². The molecule has 13 heteroatoms. The van der Waals surface area contributed by atoms with Gasteiger partial charge in [-0.3, -0.25) is 9.69 Å². The summed E-state index contributed by atoms with van der Waals surface area (Å²) in [6.07, 6.45) is 4.84. The number of piperazine rings is 1. The van der Waals surface area contributed by atoms with Crippen LogP contribution in [0.4, 0.5) is 28.8 Å². The maximum atomic E-state index is 12.9. The summed E-state index contributed by atoms with van der Waals surface area (Å²) in [5.41, 5.74) is 1.47. The number of benzene rings is 2. The van der Waals surface area contributed by atoms with Crippen LogP contribution in [0.1, 0.15) is 20.8 Å². The third-order valence-corrected chi connectivity index (χ3v) is 9.56. The maximum Gasteiger partial charge on any atom is 0.248 e. The van der Waals surface area contributed by atoms with Crippen molar-refractivity contribution in [2.75, 3.05) is 62.3 Å². The van der Waals surface area contributed by atoms with Crippen LogP contribution in [0.25, 0.3) is 0 Å². The Balaban J connectivity index is 1.42. The molecule has 3 N–H and O–H groups in total. The summed E-state index contributed by atoms with van der Waals surface area (Å²) in [4.78, 5) is 26.1. The number of carbonyl (C=O) groups is 1. The Morgan fingerprint density at radius 3 is 2.49 bits per heavy atom.